The fourth-order valence-corrected chi connectivity index (χ4v) is 4.71. The molecular formula is C28H24F3N5O5. The number of carbonyl (C=O) groups is 2. The van der Waals surface area contributed by atoms with Crippen molar-refractivity contribution in [1.82, 2.24) is 19.7 Å². The van der Waals surface area contributed by atoms with Crippen molar-refractivity contribution in [2.24, 2.45) is 0 Å². The van der Waals surface area contributed by atoms with Crippen molar-refractivity contribution in [1.29, 1.82) is 0 Å². The fraction of sp³-hybridized carbons (Fsp3) is 0.250. The minimum absolute atomic E-state index is 0.0258. The molecule has 1 N–H and O–H groups in total. The summed E-state index contributed by atoms with van der Waals surface area (Å²) in [7, 11) is 2.90. The van der Waals surface area contributed by atoms with E-state index < -0.39 is 29.9 Å². The second kappa shape index (κ2) is 10.9. The first kappa shape index (κ1) is 27.6. The molecule has 0 saturated heterocycles. The number of aromatic carboxylic acids is 1. The highest BCUT2D eigenvalue weighted by molar-refractivity contribution is 6.05. The van der Waals surface area contributed by atoms with Crippen LogP contribution in [0.3, 0.4) is 0 Å². The maximum atomic E-state index is 14.1. The van der Waals surface area contributed by atoms with Crippen LogP contribution in [0.15, 0.2) is 60.8 Å². The summed E-state index contributed by atoms with van der Waals surface area (Å²) in [6.07, 6.45) is -3.07. The molecule has 0 saturated carbocycles. The molecule has 212 valence electrons. The monoisotopic (exact) mass is 567 g/mol. The fourth-order valence-electron chi connectivity index (χ4n) is 4.71. The van der Waals surface area contributed by atoms with E-state index in [2.05, 4.69) is 15.1 Å². The van der Waals surface area contributed by atoms with Gasteiger partial charge in [0, 0.05) is 24.4 Å². The molecular weight excluding hydrogens is 543 g/mol. The van der Waals surface area contributed by atoms with Gasteiger partial charge in [0.05, 0.1) is 24.1 Å². The largest absolute Gasteiger partial charge is 0.484 e. The highest BCUT2D eigenvalue weighted by atomic mass is 19.4. The Bertz CT molecular complexity index is 1600. The number of amides is 1. The minimum atomic E-state index is -4.71. The van der Waals surface area contributed by atoms with Crippen molar-refractivity contribution in [3.8, 4) is 17.4 Å². The van der Waals surface area contributed by atoms with Crippen LogP contribution in [-0.4, -0.2) is 50.9 Å². The summed E-state index contributed by atoms with van der Waals surface area (Å²) in [5.74, 6) is -0.996. The number of nitrogens with zero attached hydrogens (tertiary/aromatic N) is 5. The quantitative estimate of drug-likeness (QED) is 0.327. The molecule has 1 aliphatic rings. The summed E-state index contributed by atoms with van der Waals surface area (Å²) in [5.41, 5.74) is -0.268. The number of hydrogen-bond acceptors (Lipinski definition) is 7. The summed E-state index contributed by atoms with van der Waals surface area (Å²) in [5, 5.41) is 13.1. The van der Waals surface area contributed by atoms with Crippen molar-refractivity contribution in [2.75, 3.05) is 19.1 Å². The SMILES string of the molecule is COc1nccc(N(C)C(=O)c2cccc(-n3nc(C(F)(F)F)c4c3C(Oc3ccc(C(=O)O)cc3)CCC4)c2)n1. The Morgan fingerprint density at radius 3 is 2.54 bits per heavy atom. The van der Waals surface area contributed by atoms with Crippen molar-refractivity contribution >= 4 is 17.7 Å². The molecule has 1 amide bonds. The van der Waals surface area contributed by atoms with E-state index in [4.69, 9.17) is 14.6 Å². The lowest BCUT2D eigenvalue weighted by molar-refractivity contribution is -0.142. The summed E-state index contributed by atoms with van der Waals surface area (Å²) in [4.78, 5) is 33.9. The summed E-state index contributed by atoms with van der Waals surface area (Å²) >= 11 is 0. The van der Waals surface area contributed by atoms with Gasteiger partial charge in [0.2, 0.25) is 0 Å². The first-order chi connectivity index (χ1) is 19.6. The van der Waals surface area contributed by atoms with Crippen LogP contribution in [0.2, 0.25) is 0 Å². The standard InChI is InChI=1S/C28H24F3N5O5/c1-35(22-13-14-32-27(33-22)40-2)25(37)17-5-3-6-18(15-17)36-23-20(24(34-36)28(29,30)31)7-4-8-21(23)41-19-11-9-16(10-12-19)26(38)39/h3,5-6,9-15,21H,4,7-8H2,1-2H3,(H,38,39). The van der Waals surface area contributed by atoms with Gasteiger partial charge in [-0.3, -0.25) is 9.69 Å². The molecule has 0 aliphatic heterocycles. The van der Waals surface area contributed by atoms with Crippen LogP contribution in [0.25, 0.3) is 5.69 Å². The molecule has 2 aromatic carbocycles. The summed E-state index contributed by atoms with van der Waals surface area (Å²) in [6.45, 7) is 0. The molecule has 1 unspecified atom stereocenters. The third-order valence-corrected chi connectivity index (χ3v) is 6.66. The third kappa shape index (κ3) is 5.55. The zero-order valence-corrected chi connectivity index (χ0v) is 21.9. The average Bonchev–Trinajstić information content (AvgIpc) is 3.38. The lowest BCUT2D eigenvalue weighted by Crippen LogP contribution is -2.27. The molecule has 0 spiro atoms. The topological polar surface area (TPSA) is 120 Å². The van der Waals surface area contributed by atoms with Crippen LogP contribution in [0.1, 0.15) is 56.6 Å². The van der Waals surface area contributed by atoms with E-state index in [1.807, 2.05) is 0 Å². The van der Waals surface area contributed by atoms with Gasteiger partial charge < -0.3 is 14.6 Å². The third-order valence-electron chi connectivity index (χ3n) is 6.66. The number of methoxy groups -OCH3 is 1. The molecule has 0 bridgehead atoms. The number of hydrogen-bond donors (Lipinski definition) is 1. The maximum Gasteiger partial charge on any atom is 0.435 e. The van der Waals surface area contributed by atoms with Gasteiger partial charge in [0.25, 0.3) is 5.91 Å². The number of carboxylic acid groups (broad SMARTS) is 1. The first-order valence-corrected chi connectivity index (χ1v) is 12.5. The van der Waals surface area contributed by atoms with E-state index >= 15 is 0 Å². The Kier molecular flexibility index (Phi) is 7.35. The molecule has 41 heavy (non-hydrogen) atoms. The molecule has 0 fully saturated rings. The van der Waals surface area contributed by atoms with E-state index in [9.17, 15) is 22.8 Å². The molecule has 2 aromatic heterocycles. The van der Waals surface area contributed by atoms with Crippen LogP contribution in [0.5, 0.6) is 11.8 Å². The van der Waals surface area contributed by atoms with E-state index in [1.54, 1.807) is 18.2 Å². The van der Waals surface area contributed by atoms with E-state index in [0.717, 1.165) is 0 Å². The van der Waals surface area contributed by atoms with E-state index in [0.29, 0.717) is 18.6 Å². The first-order valence-electron chi connectivity index (χ1n) is 12.5. The van der Waals surface area contributed by atoms with Crippen LogP contribution >= 0.6 is 0 Å². The van der Waals surface area contributed by atoms with E-state index in [1.165, 1.54) is 66.3 Å². The maximum absolute atomic E-state index is 14.1. The Morgan fingerprint density at radius 2 is 1.85 bits per heavy atom. The normalized spacial score (nSPS) is 14.7. The van der Waals surface area contributed by atoms with Crippen LogP contribution in [-0.2, 0) is 12.6 Å². The van der Waals surface area contributed by atoms with Crippen LogP contribution < -0.4 is 14.4 Å². The zero-order chi connectivity index (χ0) is 29.3. The zero-order valence-electron chi connectivity index (χ0n) is 21.9. The van der Waals surface area contributed by atoms with Crippen LogP contribution in [0.4, 0.5) is 19.0 Å². The number of ether oxygens (including phenoxy) is 2. The number of carbonyl (C=O) groups excluding carboxylic acids is 1. The van der Waals surface area contributed by atoms with Gasteiger partial charge in [0.1, 0.15) is 17.7 Å². The number of halogens is 3. The van der Waals surface area contributed by atoms with Crippen molar-refractivity contribution in [2.45, 2.75) is 31.5 Å². The average molecular weight is 568 g/mol. The number of fused-ring (bicyclic) bond motifs is 1. The van der Waals surface area contributed by atoms with Crippen molar-refractivity contribution in [3.63, 3.8) is 0 Å². The van der Waals surface area contributed by atoms with Crippen molar-refractivity contribution in [3.05, 3.63) is 88.9 Å². The predicted octanol–water partition coefficient (Wildman–Crippen LogP) is 5.12. The number of aromatic nitrogens is 4. The van der Waals surface area contributed by atoms with Gasteiger partial charge in [-0.2, -0.15) is 23.3 Å². The van der Waals surface area contributed by atoms with Gasteiger partial charge in [-0.05, 0) is 67.8 Å². The highest BCUT2D eigenvalue weighted by Gasteiger charge is 2.42. The minimum Gasteiger partial charge on any atom is -0.484 e. The van der Waals surface area contributed by atoms with Gasteiger partial charge in [-0.1, -0.05) is 6.07 Å². The van der Waals surface area contributed by atoms with Gasteiger partial charge >= 0.3 is 18.2 Å². The Hall–Kier alpha value is -4.94. The lowest BCUT2D eigenvalue weighted by Gasteiger charge is -2.26. The number of rotatable bonds is 7. The highest BCUT2D eigenvalue weighted by Crippen LogP contribution is 2.42. The number of benzene rings is 2. The molecule has 4 aromatic rings. The van der Waals surface area contributed by atoms with Gasteiger partial charge in [-0.15, -0.1) is 0 Å². The van der Waals surface area contributed by atoms with Crippen LogP contribution in [0, 0.1) is 0 Å². The van der Waals surface area contributed by atoms with E-state index in [-0.39, 0.29) is 46.3 Å². The Morgan fingerprint density at radius 1 is 1.10 bits per heavy atom. The summed E-state index contributed by atoms with van der Waals surface area (Å²) in [6, 6.07) is 13.3. The number of carboxylic acids is 1. The second-order valence-electron chi connectivity index (χ2n) is 9.27. The second-order valence-corrected chi connectivity index (χ2v) is 9.27. The van der Waals surface area contributed by atoms with Gasteiger partial charge in [-0.25, -0.2) is 14.5 Å². The molecule has 0 radical (unpaired) electrons. The molecule has 10 nitrogen and oxygen atoms in total. The summed E-state index contributed by atoms with van der Waals surface area (Å²) < 4.78 is 54.5. The number of alkyl halides is 3. The Balaban J connectivity index is 1.53. The van der Waals surface area contributed by atoms with Crippen molar-refractivity contribution < 1.29 is 37.3 Å². The lowest BCUT2D eigenvalue weighted by atomic mass is 9.92. The molecule has 1 atom stereocenters. The number of anilines is 1. The smallest absolute Gasteiger partial charge is 0.435 e. The Labute approximate surface area is 232 Å². The van der Waals surface area contributed by atoms with Gasteiger partial charge in [0.15, 0.2) is 5.69 Å². The molecule has 2 heterocycles. The molecule has 5 rings (SSSR count). The predicted molar refractivity (Wildman–Crippen MR) is 140 cm³/mol. The molecule has 1 aliphatic carbocycles. The molecule has 13 heteroatoms.